The molecular formula is C24H26ClN3O5. The smallest absolute Gasteiger partial charge is 0.328 e. The Labute approximate surface area is 197 Å². The molecule has 1 atom stereocenters. The summed E-state index contributed by atoms with van der Waals surface area (Å²) in [6, 6.07) is 11.4. The van der Waals surface area contributed by atoms with E-state index >= 15 is 0 Å². The summed E-state index contributed by atoms with van der Waals surface area (Å²) in [6.07, 6.45) is 0. The number of rotatable bonds is 7. The molecule has 0 aromatic heterocycles. The summed E-state index contributed by atoms with van der Waals surface area (Å²) in [5.41, 5.74) is 0.0580. The Morgan fingerprint density at radius 3 is 2.39 bits per heavy atom. The van der Waals surface area contributed by atoms with Crippen LogP contribution in [0.5, 0.6) is 5.75 Å². The van der Waals surface area contributed by atoms with E-state index in [0.29, 0.717) is 10.8 Å². The summed E-state index contributed by atoms with van der Waals surface area (Å²) >= 11 is 6.04. The summed E-state index contributed by atoms with van der Waals surface area (Å²) in [5.74, 6) is -1.69. The number of Topliss-reactive ketones (excluding diaryl/α,β-unsaturated/α-hetero) is 1. The summed E-state index contributed by atoms with van der Waals surface area (Å²) in [6.45, 7) is 4.84. The standard InChI is InChI=1S/C24H26ClN3O5/c1-24(2,3)21(30)20(22(31)26-17-12-16(25)10-11-18(17)33-4)28-19(29)14-27(23(28)32)13-15-8-6-5-7-9-15/h5-12,20H,13-14H2,1-4H3,(H,26,31). The number of hydrogen-bond acceptors (Lipinski definition) is 5. The fourth-order valence-electron chi connectivity index (χ4n) is 3.49. The Bertz CT molecular complexity index is 1080. The first kappa shape index (κ1) is 24.3. The fraction of sp³-hybridized carbons (Fsp3) is 0.333. The van der Waals surface area contributed by atoms with Gasteiger partial charge in [-0.3, -0.25) is 14.4 Å². The first-order valence-corrected chi connectivity index (χ1v) is 10.7. The highest BCUT2D eigenvalue weighted by Gasteiger charge is 2.49. The molecule has 1 saturated heterocycles. The van der Waals surface area contributed by atoms with Gasteiger partial charge in [0.25, 0.3) is 11.8 Å². The number of benzene rings is 2. The van der Waals surface area contributed by atoms with Gasteiger partial charge in [0.2, 0.25) is 0 Å². The van der Waals surface area contributed by atoms with Crippen LogP contribution in [0.25, 0.3) is 0 Å². The number of methoxy groups -OCH3 is 1. The molecule has 1 aliphatic heterocycles. The molecule has 8 nitrogen and oxygen atoms in total. The van der Waals surface area contributed by atoms with Gasteiger partial charge >= 0.3 is 6.03 Å². The molecule has 1 unspecified atom stereocenters. The molecule has 9 heteroatoms. The number of amides is 4. The molecule has 2 aromatic carbocycles. The van der Waals surface area contributed by atoms with Gasteiger partial charge < -0.3 is 15.0 Å². The van der Waals surface area contributed by atoms with Crippen molar-refractivity contribution in [2.75, 3.05) is 19.0 Å². The Balaban J connectivity index is 1.93. The topological polar surface area (TPSA) is 96.0 Å². The van der Waals surface area contributed by atoms with Crippen LogP contribution in [0, 0.1) is 5.41 Å². The molecule has 33 heavy (non-hydrogen) atoms. The lowest BCUT2D eigenvalue weighted by atomic mass is 9.85. The molecule has 0 aliphatic carbocycles. The predicted molar refractivity (Wildman–Crippen MR) is 124 cm³/mol. The highest BCUT2D eigenvalue weighted by atomic mass is 35.5. The number of imide groups is 1. The zero-order valence-electron chi connectivity index (χ0n) is 18.9. The van der Waals surface area contributed by atoms with Gasteiger partial charge in [0.05, 0.1) is 12.8 Å². The van der Waals surface area contributed by atoms with Crippen LogP contribution in [0.3, 0.4) is 0 Å². The van der Waals surface area contributed by atoms with Crippen LogP contribution in [-0.2, 0) is 20.9 Å². The summed E-state index contributed by atoms with van der Waals surface area (Å²) < 4.78 is 5.25. The molecule has 3 rings (SSSR count). The maximum atomic E-state index is 13.3. The van der Waals surface area contributed by atoms with Crippen molar-refractivity contribution in [3.8, 4) is 5.75 Å². The Kier molecular flexibility index (Phi) is 7.07. The van der Waals surface area contributed by atoms with Crippen molar-refractivity contribution in [3.05, 3.63) is 59.1 Å². The number of anilines is 1. The number of urea groups is 1. The molecule has 1 heterocycles. The normalized spacial score (nSPS) is 14.9. The van der Waals surface area contributed by atoms with E-state index in [9.17, 15) is 19.2 Å². The van der Waals surface area contributed by atoms with Crippen LogP contribution in [-0.4, -0.2) is 53.1 Å². The first-order valence-electron chi connectivity index (χ1n) is 10.4. The molecule has 0 radical (unpaired) electrons. The zero-order chi connectivity index (χ0) is 24.3. The second kappa shape index (κ2) is 9.62. The molecule has 2 aromatic rings. The Hall–Kier alpha value is -3.39. The van der Waals surface area contributed by atoms with Gasteiger partial charge in [-0.25, -0.2) is 9.69 Å². The molecular weight excluding hydrogens is 446 g/mol. The zero-order valence-corrected chi connectivity index (χ0v) is 19.7. The highest BCUT2D eigenvalue weighted by Crippen LogP contribution is 2.30. The number of ketones is 1. The van der Waals surface area contributed by atoms with Crippen LogP contribution in [0.2, 0.25) is 5.02 Å². The van der Waals surface area contributed by atoms with E-state index in [4.69, 9.17) is 16.3 Å². The van der Waals surface area contributed by atoms with E-state index in [2.05, 4.69) is 5.32 Å². The van der Waals surface area contributed by atoms with Gasteiger partial charge in [-0.15, -0.1) is 0 Å². The number of carbonyl (C=O) groups is 4. The fourth-order valence-corrected chi connectivity index (χ4v) is 3.66. The molecule has 0 bridgehead atoms. The minimum absolute atomic E-state index is 0.183. The van der Waals surface area contributed by atoms with E-state index in [1.165, 1.54) is 18.1 Å². The number of halogens is 1. The van der Waals surface area contributed by atoms with Crippen molar-refractivity contribution < 1.29 is 23.9 Å². The Morgan fingerprint density at radius 1 is 1.12 bits per heavy atom. The number of carbonyl (C=O) groups excluding carboxylic acids is 4. The van der Waals surface area contributed by atoms with Gasteiger partial charge in [0.1, 0.15) is 12.3 Å². The maximum Gasteiger partial charge on any atom is 0.328 e. The third-order valence-corrected chi connectivity index (χ3v) is 5.44. The van der Waals surface area contributed by atoms with Crippen LogP contribution >= 0.6 is 11.6 Å². The Morgan fingerprint density at radius 2 is 1.79 bits per heavy atom. The second-order valence-corrected chi connectivity index (χ2v) is 9.18. The van der Waals surface area contributed by atoms with Gasteiger partial charge in [0.15, 0.2) is 11.8 Å². The lowest BCUT2D eigenvalue weighted by Crippen LogP contribution is -2.55. The van der Waals surface area contributed by atoms with Gasteiger partial charge in [-0.1, -0.05) is 62.7 Å². The molecule has 4 amide bonds. The van der Waals surface area contributed by atoms with Gasteiger partial charge in [-0.2, -0.15) is 0 Å². The van der Waals surface area contributed by atoms with Crippen LogP contribution in [0.4, 0.5) is 10.5 Å². The van der Waals surface area contributed by atoms with E-state index in [1.807, 2.05) is 30.3 Å². The lowest BCUT2D eigenvalue weighted by Gasteiger charge is -2.29. The van der Waals surface area contributed by atoms with Crippen LogP contribution in [0.15, 0.2) is 48.5 Å². The summed E-state index contributed by atoms with van der Waals surface area (Å²) in [4.78, 5) is 54.7. The molecule has 1 aliphatic rings. The molecule has 1 N–H and O–H groups in total. The number of nitrogens with one attached hydrogen (secondary N) is 1. The number of nitrogens with zero attached hydrogens (tertiary/aromatic N) is 2. The average molecular weight is 472 g/mol. The average Bonchev–Trinajstić information content (AvgIpc) is 3.02. The molecule has 0 saturated carbocycles. The molecule has 174 valence electrons. The van der Waals surface area contributed by atoms with Crippen molar-refractivity contribution >= 4 is 40.9 Å². The van der Waals surface area contributed by atoms with Crippen molar-refractivity contribution in [2.45, 2.75) is 33.4 Å². The van der Waals surface area contributed by atoms with E-state index < -0.39 is 35.1 Å². The lowest BCUT2D eigenvalue weighted by molar-refractivity contribution is -0.143. The minimum atomic E-state index is -1.64. The largest absolute Gasteiger partial charge is 0.495 e. The number of hydrogen-bond donors (Lipinski definition) is 1. The third kappa shape index (κ3) is 5.34. The molecule has 1 fully saturated rings. The SMILES string of the molecule is COc1ccc(Cl)cc1NC(=O)C(C(=O)C(C)(C)C)N1C(=O)CN(Cc2ccccc2)C1=O. The maximum absolute atomic E-state index is 13.3. The van der Waals surface area contributed by atoms with Gasteiger partial charge in [-0.05, 0) is 23.8 Å². The monoisotopic (exact) mass is 471 g/mol. The third-order valence-electron chi connectivity index (χ3n) is 5.20. The quantitative estimate of drug-likeness (QED) is 0.490. The van der Waals surface area contributed by atoms with Crippen molar-refractivity contribution in [1.82, 2.24) is 9.80 Å². The first-order chi connectivity index (χ1) is 15.5. The molecule has 0 spiro atoms. The number of ether oxygens (including phenoxy) is 1. The van der Waals surface area contributed by atoms with Crippen LogP contribution < -0.4 is 10.1 Å². The van der Waals surface area contributed by atoms with Crippen LogP contribution in [0.1, 0.15) is 26.3 Å². The minimum Gasteiger partial charge on any atom is -0.495 e. The van der Waals surface area contributed by atoms with E-state index in [1.54, 1.807) is 32.9 Å². The van der Waals surface area contributed by atoms with Crippen molar-refractivity contribution in [2.24, 2.45) is 5.41 Å². The highest BCUT2D eigenvalue weighted by molar-refractivity contribution is 6.31. The van der Waals surface area contributed by atoms with Crippen molar-refractivity contribution in [3.63, 3.8) is 0 Å². The second-order valence-electron chi connectivity index (χ2n) is 8.74. The summed E-state index contributed by atoms with van der Waals surface area (Å²) in [5, 5.41) is 2.94. The van der Waals surface area contributed by atoms with E-state index in [0.717, 1.165) is 10.5 Å². The predicted octanol–water partition coefficient (Wildman–Crippen LogP) is 3.74. The van der Waals surface area contributed by atoms with E-state index in [-0.39, 0.29) is 18.8 Å². The van der Waals surface area contributed by atoms with Crippen molar-refractivity contribution in [1.29, 1.82) is 0 Å². The summed E-state index contributed by atoms with van der Waals surface area (Å²) in [7, 11) is 1.42. The van der Waals surface area contributed by atoms with Gasteiger partial charge in [0, 0.05) is 17.0 Å².